The van der Waals surface area contributed by atoms with E-state index in [1.165, 1.54) is 6.42 Å². The summed E-state index contributed by atoms with van der Waals surface area (Å²) in [5.74, 6) is 0.867. The minimum Gasteiger partial charge on any atom is -0.307 e. The molecule has 1 saturated heterocycles. The molecule has 0 radical (unpaired) electrons. The zero-order valence-electron chi connectivity index (χ0n) is 5.84. The van der Waals surface area contributed by atoms with Gasteiger partial charge in [0.05, 0.1) is 6.04 Å². The van der Waals surface area contributed by atoms with E-state index in [0.717, 1.165) is 13.0 Å². The van der Waals surface area contributed by atoms with Gasteiger partial charge in [0.15, 0.2) is 5.78 Å². The highest BCUT2D eigenvalue weighted by Crippen LogP contribution is 2.23. The van der Waals surface area contributed by atoms with Crippen LogP contribution in [0.1, 0.15) is 12.8 Å². The SMILES string of the molecule is O=C1C=CCC2CCNC12. The highest BCUT2D eigenvalue weighted by atomic mass is 16.1. The predicted molar refractivity (Wildman–Crippen MR) is 38.7 cm³/mol. The van der Waals surface area contributed by atoms with E-state index < -0.39 is 0 Å². The van der Waals surface area contributed by atoms with E-state index in [9.17, 15) is 4.79 Å². The summed E-state index contributed by atoms with van der Waals surface area (Å²) < 4.78 is 0. The average Bonchev–Trinajstić information content (AvgIpc) is 2.36. The molecule has 2 unspecified atom stereocenters. The number of allylic oxidation sites excluding steroid dienone is 1. The summed E-state index contributed by atoms with van der Waals surface area (Å²) in [6.07, 6.45) is 5.96. The van der Waals surface area contributed by atoms with Crippen molar-refractivity contribution < 1.29 is 4.79 Å². The maximum atomic E-state index is 11.1. The zero-order chi connectivity index (χ0) is 6.97. The minimum absolute atomic E-state index is 0.157. The number of nitrogens with one attached hydrogen (secondary N) is 1. The van der Waals surface area contributed by atoms with Crippen LogP contribution in [0.3, 0.4) is 0 Å². The third-order valence-corrected chi connectivity index (χ3v) is 2.38. The molecule has 2 nitrogen and oxygen atoms in total. The zero-order valence-corrected chi connectivity index (χ0v) is 5.84. The van der Waals surface area contributed by atoms with Gasteiger partial charge in [-0.25, -0.2) is 0 Å². The van der Waals surface area contributed by atoms with Gasteiger partial charge in [-0.05, 0) is 31.4 Å². The molecule has 2 rings (SSSR count). The van der Waals surface area contributed by atoms with Crippen molar-refractivity contribution in [1.29, 1.82) is 0 Å². The first-order valence-electron chi connectivity index (χ1n) is 3.82. The van der Waals surface area contributed by atoms with Gasteiger partial charge in [-0.3, -0.25) is 4.79 Å². The molecular weight excluding hydrogens is 126 g/mol. The molecule has 2 atom stereocenters. The first-order chi connectivity index (χ1) is 4.88. The second-order valence-corrected chi connectivity index (χ2v) is 3.02. The first-order valence-corrected chi connectivity index (χ1v) is 3.82. The molecule has 0 aromatic carbocycles. The van der Waals surface area contributed by atoms with Crippen LogP contribution in [0.25, 0.3) is 0 Å². The minimum atomic E-state index is 0.157. The van der Waals surface area contributed by atoms with Gasteiger partial charge in [-0.15, -0.1) is 0 Å². The lowest BCUT2D eigenvalue weighted by atomic mass is 9.89. The van der Waals surface area contributed by atoms with Crippen molar-refractivity contribution in [2.45, 2.75) is 18.9 Å². The molecule has 10 heavy (non-hydrogen) atoms. The average molecular weight is 137 g/mol. The van der Waals surface area contributed by atoms with E-state index in [2.05, 4.69) is 5.32 Å². The maximum absolute atomic E-state index is 11.1. The Kier molecular flexibility index (Phi) is 1.34. The lowest BCUT2D eigenvalue weighted by molar-refractivity contribution is -0.117. The lowest BCUT2D eigenvalue weighted by Gasteiger charge is -2.18. The molecular formula is C8H11NO. The standard InChI is InChI=1S/C8H11NO/c10-7-3-1-2-6-4-5-9-8(6)7/h1,3,6,8-9H,2,4-5H2. The fourth-order valence-electron chi connectivity index (χ4n) is 1.81. The van der Waals surface area contributed by atoms with Crippen molar-refractivity contribution in [3.05, 3.63) is 12.2 Å². The molecule has 0 saturated carbocycles. The first kappa shape index (κ1) is 6.10. The molecule has 2 heteroatoms. The molecule has 1 N–H and O–H groups in total. The summed E-state index contributed by atoms with van der Waals surface area (Å²) >= 11 is 0. The van der Waals surface area contributed by atoms with Crippen LogP contribution in [0.4, 0.5) is 0 Å². The summed E-state index contributed by atoms with van der Waals surface area (Å²) in [4.78, 5) is 11.1. The van der Waals surface area contributed by atoms with Crippen molar-refractivity contribution in [2.75, 3.05) is 6.54 Å². The molecule has 1 aliphatic heterocycles. The van der Waals surface area contributed by atoms with E-state index in [1.807, 2.05) is 6.08 Å². The molecule has 1 heterocycles. The topological polar surface area (TPSA) is 29.1 Å². The fraction of sp³-hybridized carbons (Fsp3) is 0.625. The van der Waals surface area contributed by atoms with Crippen molar-refractivity contribution in [3.63, 3.8) is 0 Å². The molecule has 54 valence electrons. The van der Waals surface area contributed by atoms with Crippen LogP contribution in [0.2, 0.25) is 0 Å². The van der Waals surface area contributed by atoms with Gasteiger partial charge < -0.3 is 5.32 Å². The van der Waals surface area contributed by atoms with Crippen LogP contribution in [0.15, 0.2) is 12.2 Å². The largest absolute Gasteiger partial charge is 0.307 e. The van der Waals surface area contributed by atoms with E-state index >= 15 is 0 Å². The van der Waals surface area contributed by atoms with Crippen molar-refractivity contribution in [3.8, 4) is 0 Å². The highest BCUT2D eigenvalue weighted by molar-refractivity contribution is 5.95. The Morgan fingerprint density at radius 1 is 1.60 bits per heavy atom. The van der Waals surface area contributed by atoms with Gasteiger partial charge in [0.25, 0.3) is 0 Å². The maximum Gasteiger partial charge on any atom is 0.172 e. The molecule has 0 amide bonds. The van der Waals surface area contributed by atoms with Gasteiger partial charge in [-0.2, -0.15) is 0 Å². The van der Waals surface area contributed by atoms with E-state index in [-0.39, 0.29) is 11.8 Å². The van der Waals surface area contributed by atoms with Crippen LogP contribution in [-0.4, -0.2) is 18.4 Å². The molecule has 0 aromatic heterocycles. The Hall–Kier alpha value is -0.630. The van der Waals surface area contributed by atoms with Crippen LogP contribution < -0.4 is 5.32 Å². The quantitative estimate of drug-likeness (QED) is 0.526. The third-order valence-electron chi connectivity index (χ3n) is 2.38. The molecule has 0 spiro atoms. The molecule has 1 fully saturated rings. The number of carbonyl (C=O) groups is 1. The highest BCUT2D eigenvalue weighted by Gasteiger charge is 2.32. The summed E-state index contributed by atoms with van der Waals surface area (Å²) in [5, 5.41) is 3.21. The number of fused-ring (bicyclic) bond motifs is 1. The molecule has 0 bridgehead atoms. The summed E-state index contributed by atoms with van der Waals surface area (Å²) in [5.41, 5.74) is 0. The summed E-state index contributed by atoms with van der Waals surface area (Å²) in [6.45, 7) is 1.02. The fourth-order valence-corrected chi connectivity index (χ4v) is 1.81. The van der Waals surface area contributed by atoms with Gasteiger partial charge in [-0.1, -0.05) is 6.08 Å². The normalized spacial score (nSPS) is 38.2. The van der Waals surface area contributed by atoms with Gasteiger partial charge in [0.1, 0.15) is 0 Å². The number of ketones is 1. The second-order valence-electron chi connectivity index (χ2n) is 3.02. The smallest absolute Gasteiger partial charge is 0.172 e. The van der Waals surface area contributed by atoms with Crippen LogP contribution in [-0.2, 0) is 4.79 Å². The van der Waals surface area contributed by atoms with E-state index in [1.54, 1.807) is 6.08 Å². The van der Waals surface area contributed by atoms with E-state index in [4.69, 9.17) is 0 Å². The van der Waals surface area contributed by atoms with Gasteiger partial charge >= 0.3 is 0 Å². The summed E-state index contributed by atoms with van der Waals surface area (Å²) in [7, 11) is 0. The van der Waals surface area contributed by atoms with Gasteiger partial charge in [0, 0.05) is 0 Å². The number of hydrogen-bond acceptors (Lipinski definition) is 2. The Morgan fingerprint density at radius 3 is 3.30 bits per heavy atom. The Bertz CT molecular complexity index is 186. The molecule has 0 aromatic rings. The lowest BCUT2D eigenvalue weighted by Crippen LogP contribution is -2.36. The van der Waals surface area contributed by atoms with Crippen molar-refractivity contribution >= 4 is 5.78 Å². The van der Waals surface area contributed by atoms with Crippen molar-refractivity contribution in [1.82, 2.24) is 5.32 Å². The number of rotatable bonds is 0. The monoisotopic (exact) mass is 137 g/mol. The number of carbonyl (C=O) groups excluding carboxylic acids is 1. The molecule has 1 aliphatic carbocycles. The van der Waals surface area contributed by atoms with Crippen LogP contribution >= 0.6 is 0 Å². The number of hydrogen-bond donors (Lipinski definition) is 1. The molecule has 2 aliphatic rings. The Balaban J connectivity index is 2.20. The predicted octanol–water partition coefficient (Wildman–Crippen LogP) is 0.493. The summed E-state index contributed by atoms with van der Waals surface area (Å²) in [6, 6.07) is 0.157. The third kappa shape index (κ3) is 0.797. The second kappa shape index (κ2) is 2.20. The Morgan fingerprint density at radius 2 is 2.50 bits per heavy atom. The van der Waals surface area contributed by atoms with Gasteiger partial charge in [0.2, 0.25) is 0 Å². The van der Waals surface area contributed by atoms with Crippen LogP contribution in [0.5, 0.6) is 0 Å². The van der Waals surface area contributed by atoms with E-state index in [0.29, 0.717) is 5.92 Å². The van der Waals surface area contributed by atoms with Crippen molar-refractivity contribution in [2.24, 2.45) is 5.92 Å². The Labute approximate surface area is 60.3 Å². The van der Waals surface area contributed by atoms with Crippen LogP contribution in [0, 0.1) is 5.92 Å².